The molecule has 5 aliphatic heterocycles. The maximum atomic E-state index is 12.0. The number of carboxylic acids is 1. The number of hydrogen-bond donors (Lipinski definition) is 2. The van der Waals surface area contributed by atoms with Crippen LogP contribution < -0.4 is 0 Å². The molecule has 5 heterocycles. The monoisotopic (exact) mass is 1020 g/mol. The molecule has 0 spiro atoms. The highest BCUT2D eigenvalue weighted by Gasteiger charge is 2.28. The number of carbonyl (C=O) groups is 4. The van der Waals surface area contributed by atoms with Crippen LogP contribution in [0.25, 0.3) is 0 Å². The first-order chi connectivity index (χ1) is 32.0. The number of ether oxygens (including phenoxy) is 5. The van der Waals surface area contributed by atoms with Crippen LogP contribution in [0.3, 0.4) is 0 Å². The van der Waals surface area contributed by atoms with Gasteiger partial charge in [-0.2, -0.15) is 0 Å². The molecule has 0 aromatic heterocycles. The van der Waals surface area contributed by atoms with Crippen molar-refractivity contribution < 1.29 is 53.1 Å². The lowest BCUT2D eigenvalue weighted by atomic mass is 9.97. The highest BCUT2D eigenvalue weighted by molar-refractivity contribution is 9.08. The van der Waals surface area contributed by atoms with E-state index in [0.29, 0.717) is 39.1 Å². The fourth-order valence-electron chi connectivity index (χ4n) is 7.55. The summed E-state index contributed by atoms with van der Waals surface area (Å²) in [6.07, 6.45) is 6.66. The fourth-order valence-corrected chi connectivity index (χ4v) is 7.90. The molecule has 3 amide bonds. The number of hydrogen-bond acceptors (Lipinski definition) is 10. The lowest BCUT2D eigenvalue weighted by Gasteiger charge is -2.31. The van der Waals surface area contributed by atoms with Crippen LogP contribution in [-0.4, -0.2) is 120 Å². The minimum absolute atomic E-state index is 0. The third-order valence-corrected chi connectivity index (χ3v) is 11.6. The number of halogens is 1. The summed E-state index contributed by atoms with van der Waals surface area (Å²) in [5.41, 5.74) is 7.97. The molecular weight excluding hydrogens is 945 g/mol. The predicted octanol–water partition coefficient (Wildman–Crippen LogP) is 9.43. The van der Waals surface area contributed by atoms with Gasteiger partial charge in [0.25, 0.3) is 0 Å². The molecule has 0 saturated carbocycles. The number of carboxylic acid groups (broad SMARTS) is 1. The maximum absolute atomic E-state index is 12.0. The van der Waals surface area contributed by atoms with Crippen LogP contribution >= 0.6 is 15.9 Å². The second kappa shape index (κ2) is 27.7. The van der Waals surface area contributed by atoms with Crippen molar-refractivity contribution >= 4 is 48.6 Å². The predicted molar refractivity (Wildman–Crippen MR) is 276 cm³/mol. The van der Waals surface area contributed by atoms with Gasteiger partial charge >= 0.3 is 24.2 Å². The molecular formula is C53H79BBrN3O11. The van der Waals surface area contributed by atoms with E-state index < -0.39 is 22.8 Å². The molecule has 2 fully saturated rings. The van der Waals surface area contributed by atoms with E-state index in [0.717, 1.165) is 73.4 Å². The van der Waals surface area contributed by atoms with Gasteiger partial charge < -0.3 is 48.6 Å². The summed E-state index contributed by atoms with van der Waals surface area (Å²) in [7, 11) is 0. The SMILES string of the molecule is B.C1CCOC1.C1CCOC1.CC(C)(C)OC(=O)N1CCc2cc(C(=O)O)ccc2C1.CC(C)(C)OC(=O)N1CCc2cc(CBr)ccc2C1.CC(C)(C)OC(=O)N1CCc2cc(CO)ccc2C1. The van der Waals surface area contributed by atoms with Gasteiger partial charge in [-0.3, -0.25) is 0 Å². The molecule has 5 aliphatic rings. The topological polar surface area (TPSA) is 165 Å². The quantitative estimate of drug-likeness (QED) is 0.146. The summed E-state index contributed by atoms with van der Waals surface area (Å²) in [6, 6.07) is 17.4. The Balaban J connectivity index is 0.000000246. The summed E-state index contributed by atoms with van der Waals surface area (Å²) in [5.74, 6) is -0.928. The van der Waals surface area contributed by atoms with E-state index in [1.807, 2.05) is 80.5 Å². The molecule has 2 saturated heterocycles. The van der Waals surface area contributed by atoms with Crippen LogP contribution in [0.1, 0.15) is 143 Å². The zero-order valence-electron chi connectivity index (χ0n) is 41.9. The van der Waals surface area contributed by atoms with Crippen molar-refractivity contribution in [3.63, 3.8) is 0 Å². The van der Waals surface area contributed by atoms with Gasteiger partial charge in [-0.25, -0.2) is 19.2 Å². The number of nitrogens with zero attached hydrogens (tertiary/aromatic N) is 3. The van der Waals surface area contributed by atoms with E-state index >= 15 is 0 Å². The molecule has 0 aliphatic carbocycles. The number of aliphatic hydroxyl groups excluding tert-OH is 1. The standard InChI is InChI=1S/C15H20BrNO2.C15H19NO4.C15H21NO3.2C4H8O.BH3/c1-15(2,3)19-14(18)17-7-6-12-8-11(9-16)4-5-13(12)10-17;1-15(2,3)20-14(19)16-7-6-10-8-11(13(17)18)4-5-12(10)9-16;1-15(2,3)19-14(18)16-7-6-12-8-11(10-17)4-5-13(12)9-16;2*1-2-4-5-3-1;/h4-5,8H,6-7,9-10H2,1-3H3;4-5,8H,6-7,9H2,1-3H3,(H,17,18);4-5,8,17H,6-7,9-10H2,1-3H3;2*1-4H2;1H3. The number of aromatic carboxylic acids is 1. The summed E-state index contributed by atoms with van der Waals surface area (Å²) >= 11 is 3.47. The minimum Gasteiger partial charge on any atom is -0.478 e. The van der Waals surface area contributed by atoms with Crippen LogP contribution in [0.2, 0.25) is 0 Å². The summed E-state index contributed by atoms with van der Waals surface area (Å²) in [4.78, 5) is 52.1. The molecule has 3 aromatic rings. The van der Waals surface area contributed by atoms with Crippen LogP contribution in [-0.2, 0) is 74.5 Å². The molecule has 14 nitrogen and oxygen atoms in total. The van der Waals surface area contributed by atoms with Gasteiger partial charge in [0.2, 0.25) is 0 Å². The van der Waals surface area contributed by atoms with Gasteiger partial charge in [-0.1, -0.05) is 58.4 Å². The molecule has 0 bridgehead atoms. The van der Waals surface area contributed by atoms with Gasteiger partial charge in [0.05, 0.1) is 20.6 Å². The zero-order chi connectivity index (χ0) is 50.1. The smallest absolute Gasteiger partial charge is 0.410 e. The number of amides is 3. The normalized spacial score (nSPS) is 16.0. The fraction of sp³-hybridized carbons (Fsp3) is 0.585. The van der Waals surface area contributed by atoms with E-state index in [1.54, 1.807) is 32.9 Å². The van der Waals surface area contributed by atoms with E-state index in [9.17, 15) is 19.2 Å². The van der Waals surface area contributed by atoms with Gasteiger partial charge in [0, 0.05) is 71.0 Å². The highest BCUT2D eigenvalue weighted by Crippen LogP contribution is 2.26. The van der Waals surface area contributed by atoms with Crippen molar-refractivity contribution in [2.75, 3.05) is 46.1 Å². The van der Waals surface area contributed by atoms with E-state index in [1.165, 1.54) is 47.9 Å². The second-order valence-corrected chi connectivity index (χ2v) is 20.9. The maximum Gasteiger partial charge on any atom is 0.410 e. The van der Waals surface area contributed by atoms with Crippen molar-refractivity contribution in [3.05, 3.63) is 105 Å². The van der Waals surface area contributed by atoms with Crippen molar-refractivity contribution in [1.29, 1.82) is 0 Å². The Morgan fingerprint density at radius 3 is 1.17 bits per heavy atom. The van der Waals surface area contributed by atoms with E-state index in [2.05, 4.69) is 34.1 Å². The summed E-state index contributed by atoms with van der Waals surface area (Å²) < 4.78 is 26.0. The number of benzene rings is 3. The first kappa shape index (κ1) is 58.7. The van der Waals surface area contributed by atoms with Crippen LogP contribution in [0.15, 0.2) is 54.6 Å². The average molecular weight is 1020 g/mol. The molecule has 0 radical (unpaired) electrons. The largest absolute Gasteiger partial charge is 0.478 e. The first-order valence-corrected chi connectivity index (χ1v) is 25.0. The van der Waals surface area contributed by atoms with Crippen LogP contribution in [0, 0.1) is 0 Å². The number of aliphatic hydroxyl groups is 1. The van der Waals surface area contributed by atoms with Gasteiger partial charge in [-0.05, 0) is 164 Å². The molecule has 0 atom stereocenters. The molecule has 16 heteroatoms. The Labute approximate surface area is 421 Å². The second-order valence-electron chi connectivity index (χ2n) is 20.4. The van der Waals surface area contributed by atoms with Gasteiger partial charge in [-0.15, -0.1) is 0 Å². The Kier molecular flexibility index (Phi) is 23.5. The average Bonchev–Trinajstić information content (AvgIpc) is 4.08. The Hall–Kier alpha value is -4.64. The molecule has 382 valence electrons. The third-order valence-electron chi connectivity index (χ3n) is 11.0. The number of alkyl halides is 1. The molecule has 3 aromatic carbocycles. The lowest BCUT2D eigenvalue weighted by Crippen LogP contribution is -2.39. The summed E-state index contributed by atoms with van der Waals surface area (Å²) in [6.45, 7) is 24.5. The van der Waals surface area contributed by atoms with Crippen molar-refractivity contribution in [2.45, 2.75) is 156 Å². The minimum atomic E-state index is -0.928. The van der Waals surface area contributed by atoms with E-state index in [4.69, 9.17) is 33.9 Å². The lowest BCUT2D eigenvalue weighted by molar-refractivity contribution is 0.0214. The van der Waals surface area contributed by atoms with Crippen molar-refractivity contribution in [1.82, 2.24) is 14.7 Å². The van der Waals surface area contributed by atoms with Gasteiger partial charge in [0.15, 0.2) is 0 Å². The number of rotatable bonds is 3. The number of carbonyl (C=O) groups excluding carboxylic acids is 3. The van der Waals surface area contributed by atoms with Gasteiger partial charge in [0.1, 0.15) is 16.8 Å². The Bertz CT molecular complexity index is 2010. The summed E-state index contributed by atoms with van der Waals surface area (Å²) in [5, 5.41) is 19.0. The third kappa shape index (κ3) is 21.1. The highest BCUT2D eigenvalue weighted by atomic mass is 79.9. The Morgan fingerprint density at radius 1 is 0.536 bits per heavy atom. The zero-order valence-corrected chi connectivity index (χ0v) is 43.5. The van der Waals surface area contributed by atoms with Crippen LogP contribution in [0.5, 0.6) is 0 Å². The molecule has 2 N–H and O–H groups in total. The van der Waals surface area contributed by atoms with E-state index in [-0.39, 0.29) is 38.9 Å². The van der Waals surface area contributed by atoms with Crippen molar-refractivity contribution in [2.24, 2.45) is 0 Å². The molecule has 8 rings (SSSR count). The number of fused-ring (bicyclic) bond motifs is 3. The molecule has 69 heavy (non-hydrogen) atoms. The Morgan fingerprint density at radius 2 is 0.870 bits per heavy atom. The van der Waals surface area contributed by atoms with Crippen molar-refractivity contribution in [3.8, 4) is 0 Å². The first-order valence-electron chi connectivity index (χ1n) is 23.9. The van der Waals surface area contributed by atoms with Crippen LogP contribution in [0.4, 0.5) is 14.4 Å². The molecule has 0 unspecified atom stereocenters.